The molecule has 2 amide bonds. The average molecular weight is 322 g/mol. The van der Waals surface area contributed by atoms with Crippen LogP contribution < -0.4 is 5.73 Å². The number of nitrogens with two attached hydrogens (primary N) is 1. The summed E-state index contributed by atoms with van der Waals surface area (Å²) >= 11 is 0. The molecule has 2 N–H and O–H groups in total. The molecule has 0 aromatic heterocycles. The third-order valence-corrected chi connectivity index (χ3v) is 4.73. The molecule has 7 nitrogen and oxygen atoms in total. The summed E-state index contributed by atoms with van der Waals surface area (Å²) in [5.74, 6) is -0.178. The highest BCUT2D eigenvalue weighted by atomic mass is 16.5. The first-order chi connectivity index (χ1) is 11.1. The Kier molecular flexibility index (Phi) is 6.37. The normalized spacial score (nSPS) is 25.4. The number of nitrogens with zero attached hydrogens (tertiary/aromatic N) is 3. The van der Waals surface area contributed by atoms with Crippen molar-refractivity contribution >= 4 is 11.8 Å². The zero-order valence-electron chi connectivity index (χ0n) is 13.7. The minimum absolute atomic E-state index is 0.0334. The second-order valence-electron chi connectivity index (χ2n) is 6.30. The summed E-state index contributed by atoms with van der Waals surface area (Å²) in [6, 6.07) is 1.20. The molecule has 0 spiro atoms. The fourth-order valence-electron chi connectivity index (χ4n) is 3.45. The first kappa shape index (κ1) is 17.7. The van der Waals surface area contributed by atoms with Crippen LogP contribution in [0.3, 0.4) is 0 Å². The monoisotopic (exact) mass is 322 g/mol. The summed E-state index contributed by atoms with van der Waals surface area (Å²) in [6.07, 6.45) is 4.08. The van der Waals surface area contributed by atoms with E-state index in [4.69, 9.17) is 15.7 Å². The molecule has 0 saturated carbocycles. The van der Waals surface area contributed by atoms with Crippen molar-refractivity contribution < 1.29 is 14.3 Å². The van der Waals surface area contributed by atoms with E-state index in [9.17, 15) is 9.59 Å². The lowest BCUT2D eigenvalue weighted by Crippen LogP contribution is -2.46. The maximum absolute atomic E-state index is 12.3. The number of ether oxygens (including phenoxy) is 1. The largest absolute Gasteiger partial charge is 0.383 e. The van der Waals surface area contributed by atoms with Gasteiger partial charge in [0.1, 0.15) is 6.04 Å². The summed E-state index contributed by atoms with van der Waals surface area (Å²) in [6.45, 7) is 1.88. The van der Waals surface area contributed by atoms with Gasteiger partial charge in [-0.1, -0.05) is 0 Å². The lowest BCUT2D eigenvalue weighted by atomic mass is 10.1. The first-order valence-electron chi connectivity index (χ1n) is 8.32. The second-order valence-corrected chi connectivity index (χ2v) is 6.30. The zero-order valence-corrected chi connectivity index (χ0v) is 13.7. The Morgan fingerprint density at radius 1 is 1.30 bits per heavy atom. The van der Waals surface area contributed by atoms with Crippen LogP contribution in [-0.4, -0.2) is 66.5 Å². The Labute approximate surface area is 137 Å². The molecule has 0 aromatic rings. The highest BCUT2D eigenvalue weighted by Crippen LogP contribution is 2.20. The molecule has 2 aliphatic heterocycles. The number of hydrogen-bond donors (Lipinski definition) is 1. The van der Waals surface area contributed by atoms with Gasteiger partial charge in [-0.05, 0) is 32.1 Å². The third kappa shape index (κ3) is 4.21. The molecule has 23 heavy (non-hydrogen) atoms. The van der Waals surface area contributed by atoms with E-state index in [1.807, 2.05) is 4.90 Å². The van der Waals surface area contributed by atoms with Crippen LogP contribution in [-0.2, 0) is 14.3 Å². The lowest BCUT2D eigenvalue weighted by molar-refractivity contribution is -0.134. The van der Waals surface area contributed by atoms with Crippen LogP contribution in [0.4, 0.5) is 0 Å². The van der Waals surface area contributed by atoms with Gasteiger partial charge in [0.2, 0.25) is 11.8 Å². The molecule has 7 heteroatoms. The molecule has 3 atom stereocenters. The molecule has 2 saturated heterocycles. The number of carbonyl (C=O) groups is 2. The van der Waals surface area contributed by atoms with Crippen molar-refractivity contribution in [2.45, 2.75) is 56.7 Å². The molecular formula is C16H26N4O3. The molecule has 2 fully saturated rings. The summed E-state index contributed by atoms with van der Waals surface area (Å²) in [7, 11) is 1.64. The van der Waals surface area contributed by atoms with Gasteiger partial charge < -0.3 is 20.3 Å². The highest BCUT2D eigenvalue weighted by molar-refractivity contribution is 5.84. The van der Waals surface area contributed by atoms with E-state index in [-0.39, 0.29) is 30.3 Å². The Hall–Kier alpha value is -1.65. The smallest absolute Gasteiger partial charge is 0.240 e. The Bertz CT molecular complexity index is 476. The highest BCUT2D eigenvalue weighted by Gasteiger charge is 2.33. The Morgan fingerprint density at radius 3 is 2.70 bits per heavy atom. The fourth-order valence-corrected chi connectivity index (χ4v) is 3.45. The van der Waals surface area contributed by atoms with E-state index < -0.39 is 6.04 Å². The van der Waals surface area contributed by atoms with Gasteiger partial charge in [-0.2, -0.15) is 5.26 Å². The average Bonchev–Trinajstić information content (AvgIpc) is 3.20. The van der Waals surface area contributed by atoms with Crippen molar-refractivity contribution in [3.05, 3.63) is 0 Å². The molecular weight excluding hydrogens is 296 g/mol. The van der Waals surface area contributed by atoms with Crippen molar-refractivity contribution in [2.75, 3.05) is 26.8 Å². The Balaban J connectivity index is 1.81. The van der Waals surface area contributed by atoms with Gasteiger partial charge in [-0.3, -0.25) is 9.59 Å². The quantitative estimate of drug-likeness (QED) is 0.755. The second kappa shape index (κ2) is 8.27. The van der Waals surface area contributed by atoms with Crippen molar-refractivity contribution in [1.29, 1.82) is 5.26 Å². The van der Waals surface area contributed by atoms with Crippen LogP contribution >= 0.6 is 0 Å². The number of amides is 2. The predicted molar refractivity (Wildman–Crippen MR) is 84.2 cm³/mol. The van der Waals surface area contributed by atoms with Gasteiger partial charge in [0.15, 0.2) is 0 Å². The minimum Gasteiger partial charge on any atom is -0.383 e. The summed E-state index contributed by atoms with van der Waals surface area (Å²) < 4.78 is 5.15. The number of carbonyl (C=O) groups excluding carboxylic acids is 2. The SMILES string of the molecule is COCC1CCCN1C(=O)CCC(N)C(=O)N1CCC[C@H]1C#N. The van der Waals surface area contributed by atoms with Crippen LogP contribution in [0, 0.1) is 11.3 Å². The van der Waals surface area contributed by atoms with Gasteiger partial charge >= 0.3 is 0 Å². The molecule has 0 radical (unpaired) electrons. The van der Waals surface area contributed by atoms with E-state index in [1.165, 1.54) is 0 Å². The van der Waals surface area contributed by atoms with Gasteiger partial charge in [-0.25, -0.2) is 0 Å². The van der Waals surface area contributed by atoms with E-state index in [1.54, 1.807) is 12.0 Å². The Morgan fingerprint density at radius 2 is 2.00 bits per heavy atom. The first-order valence-corrected chi connectivity index (χ1v) is 8.32. The van der Waals surface area contributed by atoms with Crippen molar-refractivity contribution in [3.8, 4) is 6.07 Å². The van der Waals surface area contributed by atoms with Crippen molar-refractivity contribution in [2.24, 2.45) is 5.73 Å². The fraction of sp³-hybridized carbons (Fsp3) is 0.812. The summed E-state index contributed by atoms with van der Waals surface area (Å²) in [4.78, 5) is 28.1. The van der Waals surface area contributed by atoms with E-state index in [2.05, 4.69) is 6.07 Å². The van der Waals surface area contributed by atoms with Crippen LogP contribution in [0.5, 0.6) is 0 Å². The summed E-state index contributed by atoms with van der Waals surface area (Å²) in [5, 5.41) is 9.05. The number of methoxy groups -OCH3 is 1. The maximum Gasteiger partial charge on any atom is 0.240 e. The number of hydrogen-bond acceptors (Lipinski definition) is 5. The standard InChI is InChI=1S/C16H26N4O3/c1-23-11-13-5-3-8-19(13)15(21)7-6-14(18)16(22)20-9-2-4-12(20)10-17/h12-14H,2-9,11,18H2,1H3/t12-,13?,14?/m0/s1. The van der Waals surface area contributed by atoms with Gasteiger partial charge in [0.05, 0.1) is 24.8 Å². The number of rotatable bonds is 6. The molecule has 2 heterocycles. The lowest BCUT2D eigenvalue weighted by Gasteiger charge is -2.26. The third-order valence-electron chi connectivity index (χ3n) is 4.73. The van der Waals surface area contributed by atoms with E-state index in [0.717, 1.165) is 25.8 Å². The molecule has 0 aromatic carbocycles. The molecule has 2 unspecified atom stereocenters. The van der Waals surface area contributed by atoms with Crippen LogP contribution in [0.1, 0.15) is 38.5 Å². The van der Waals surface area contributed by atoms with E-state index >= 15 is 0 Å². The molecule has 0 bridgehead atoms. The van der Waals surface area contributed by atoms with Crippen LogP contribution in [0.25, 0.3) is 0 Å². The molecule has 128 valence electrons. The number of likely N-dealkylation sites (tertiary alicyclic amines) is 2. The van der Waals surface area contributed by atoms with Crippen LogP contribution in [0.2, 0.25) is 0 Å². The molecule has 2 rings (SSSR count). The molecule has 2 aliphatic rings. The van der Waals surface area contributed by atoms with Crippen LogP contribution in [0.15, 0.2) is 0 Å². The zero-order chi connectivity index (χ0) is 16.8. The maximum atomic E-state index is 12.3. The van der Waals surface area contributed by atoms with Gasteiger partial charge in [0, 0.05) is 26.6 Å². The van der Waals surface area contributed by atoms with E-state index in [0.29, 0.717) is 26.0 Å². The minimum atomic E-state index is -0.712. The number of nitriles is 1. The van der Waals surface area contributed by atoms with Gasteiger partial charge in [-0.15, -0.1) is 0 Å². The predicted octanol–water partition coefficient (Wildman–Crippen LogP) is 0.246. The molecule has 0 aliphatic carbocycles. The topological polar surface area (TPSA) is 99.7 Å². The van der Waals surface area contributed by atoms with Gasteiger partial charge in [0.25, 0.3) is 0 Å². The van der Waals surface area contributed by atoms with Crippen molar-refractivity contribution in [1.82, 2.24) is 9.80 Å². The summed E-state index contributed by atoms with van der Waals surface area (Å²) in [5.41, 5.74) is 5.96. The van der Waals surface area contributed by atoms with Crippen molar-refractivity contribution in [3.63, 3.8) is 0 Å².